The van der Waals surface area contributed by atoms with E-state index in [-0.39, 0.29) is 18.2 Å². The minimum Gasteiger partial charge on any atom is -0.372 e. The molecular formula is C23H20ClN3O3. The molecule has 2 aromatic carbocycles. The number of fused-ring (bicyclic) bond motifs is 1. The normalized spacial score (nSPS) is 12.3. The van der Waals surface area contributed by atoms with Crippen molar-refractivity contribution in [2.45, 2.75) is 26.6 Å². The highest BCUT2D eigenvalue weighted by atomic mass is 35.5. The Morgan fingerprint density at radius 3 is 2.70 bits per heavy atom. The first kappa shape index (κ1) is 20.1. The fourth-order valence-electron chi connectivity index (χ4n) is 3.41. The predicted molar refractivity (Wildman–Crippen MR) is 116 cm³/mol. The number of nitrogens with one attached hydrogen (secondary N) is 1. The number of halogens is 1. The van der Waals surface area contributed by atoms with Crippen LogP contribution in [0.15, 0.2) is 60.8 Å². The van der Waals surface area contributed by atoms with Crippen LogP contribution in [-0.2, 0) is 34.0 Å². The molecule has 1 N–H and O–H groups in total. The summed E-state index contributed by atoms with van der Waals surface area (Å²) < 4.78 is 5.46. The number of hydrogen-bond donors (Lipinski definition) is 1. The van der Waals surface area contributed by atoms with Crippen molar-refractivity contribution in [2.24, 2.45) is 0 Å². The Bertz CT molecular complexity index is 1120. The number of nitrogens with zero attached hydrogens (tertiary/aromatic N) is 2. The molecule has 1 aliphatic heterocycles. The summed E-state index contributed by atoms with van der Waals surface area (Å²) >= 11 is 6.14. The van der Waals surface area contributed by atoms with E-state index in [0.717, 1.165) is 16.7 Å². The summed E-state index contributed by atoms with van der Waals surface area (Å²) in [6.45, 7) is 2.59. The molecule has 30 heavy (non-hydrogen) atoms. The number of aromatic nitrogens is 1. The molecule has 3 aromatic rings. The standard InChI is InChI=1S/C23H20ClN3O3/c1-15(28)27(20-7-6-17-13-30-14-18(17)10-20)22-12-19(8-9-25-22)26-23(29)11-16-4-2-3-5-21(16)24/h2-10,12H,11,13-14H2,1H3,(H,25,26,29). The molecule has 0 aliphatic carbocycles. The average Bonchev–Trinajstić information content (AvgIpc) is 3.18. The van der Waals surface area contributed by atoms with Gasteiger partial charge in [0.05, 0.1) is 25.3 Å². The molecule has 2 amide bonds. The highest BCUT2D eigenvalue weighted by molar-refractivity contribution is 6.31. The Balaban J connectivity index is 1.56. The fourth-order valence-corrected chi connectivity index (χ4v) is 3.61. The number of carbonyl (C=O) groups excluding carboxylic acids is 2. The Hall–Kier alpha value is -3.22. The lowest BCUT2D eigenvalue weighted by Crippen LogP contribution is -2.24. The number of benzene rings is 2. The lowest BCUT2D eigenvalue weighted by atomic mass is 10.1. The predicted octanol–water partition coefficient (Wildman–Crippen LogP) is 4.63. The van der Waals surface area contributed by atoms with Crippen LogP contribution >= 0.6 is 11.6 Å². The van der Waals surface area contributed by atoms with Crippen molar-refractivity contribution >= 4 is 40.6 Å². The zero-order chi connectivity index (χ0) is 21.1. The Labute approximate surface area is 179 Å². The first-order valence-electron chi connectivity index (χ1n) is 9.51. The smallest absolute Gasteiger partial charge is 0.229 e. The summed E-state index contributed by atoms with van der Waals surface area (Å²) in [6, 6.07) is 16.4. The van der Waals surface area contributed by atoms with Gasteiger partial charge in [-0.2, -0.15) is 0 Å². The van der Waals surface area contributed by atoms with Crippen LogP contribution in [0.4, 0.5) is 17.2 Å². The zero-order valence-corrected chi connectivity index (χ0v) is 17.1. The monoisotopic (exact) mass is 421 g/mol. The summed E-state index contributed by atoms with van der Waals surface area (Å²) in [5.74, 6) is 0.0436. The summed E-state index contributed by atoms with van der Waals surface area (Å²) in [5, 5.41) is 3.40. The fraction of sp³-hybridized carbons (Fsp3) is 0.174. The van der Waals surface area contributed by atoms with Crippen LogP contribution in [0.5, 0.6) is 0 Å². The molecule has 0 spiro atoms. The average molecular weight is 422 g/mol. The molecule has 0 fully saturated rings. The first-order chi connectivity index (χ1) is 14.5. The molecule has 152 valence electrons. The van der Waals surface area contributed by atoms with Crippen LogP contribution in [0, 0.1) is 0 Å². The van der Waals surface area contributed by atoms with Crippen molar-refractivity contribution in [1.82, 2.24) is 4.98 Å². The number of hydrogen-bond acceptors (Lipinski definition) is 4. The van der Waals surface area contributed by atoms with Crippen LogP contribution in [0.3, 0.4) is 0 Å². The topological polar surface area (TPSA) is 71.5 Å². The minimum absolute atomic E-state index is 0.151. The van der Waals surface area contributed by atoms with Gasteiger partial charge in [-0.15, -0.1) is 0 Å². The Morgan fingerprint density at radius 1 is 1.10 bits per heavy atom. The van der Waals surface area contributed by atoms with Gasteiger partial charge < -0.3 is 10.1 Å². The van der Waals surface area contributed by atoms with E-state index in [9.17, 15) is 9.59 Å². The van der Waals surface area contributed by atoms with E-state index in [1.165, 1.54) is 11.8 Å². The summed E-state index contributed by atoms with van der Waals surface area (Å²) in [4.78, 5) is 30.7. The minimum atomic E-state index is -0.204. The maximum atomic E-state index is 12.5. The van der Waals surface area contributed by atoms with Crippen LogP contribution in [0.1, 0.15) is 23.6 Å². The van der Waals surface area contributed by atoms with Gasteiger partial charge in [0.2, 0.25) is 11.8 Å². The van der Waals surface area contributed by atoms with Gasteiger partial charge in [0.1, 0.15) is 5.82 Å². The van der Waals surface area contributed by atoms with E-state index in [1.54, 1.807) is 24.4 Å². The quantitative estimate of drug-likeness (QED) is 0.651. The largest absolute Gasteiger partial charge is 0.372 e. The highest BCUT2D eigenvalue weighted by Crippen LogP contribution is 2.30. The molecule has 0 atom stereocenters. The van der Waals surface area contributed by atoms with Gasteiger partial charge in [0.25, 0.3) is 0 Å². The van der Waals surface area contributed by atoms with Crippen molar-refractivity contribution in [1.29, 1.82) is 0 Å². The van der Waals surface area contributed by atoms with Gasteiger partial charge in [0.15, 0.2) is 0 Å². The molecule has 0 bridgehead atoms. The number of rotatable bonds is 5. The number of carbonyl (C=O) groups is 2. The molecule has 0 unspecified atom stereocenters. The van der Waals surface area contributed by atoms with Crippen LogP contribution in [-0.4, -0.2) is 16.8 Å². The summed E-state index contributed by atoms with van der Waals surface area (Å²) in [5.41, 5.74) is 4.18. The second kappa shape index (κ2) is 8.65. The summed E-state index contributed by atoms with van der Waals surface area (Å²) in [7, 11) is 0. The van der Waals surface area contributed by atoms with E-state index in [4.69, 9.17) is 16.3 Å². The highest BCUT2D eigenvalue weighted by Gasteiger charge is 2.19. The number of anilines is 3. The van der Waals surface area contributed by atoms with Crippen molar-refractivity contribution in [3.8, 4) is 0 Å². The molecule has 0 saturated heterocycles. The zero-order valence-electron chi connectivity index (χ0n) is 16.4. The molecule has 4 rings (SSSR count). The van der Waals surface area contributed by atoms with Crippen molar-refractivity contribution in [2.75, 3.05) is 10.2 Å². The number of pyridine rings is 1. The Morgan fingerprint density at radius 2 is 1.90 bits per heavy atom. The maximum absolute atomic E-state index is 12.5. The first-order valence-corrected chi connectivity index (χ1v) is 9.88. The van der Waals surface area contributed by atoms with Gasteiger partial charge in [-0.05, 0) is 41.0 Å². The number of ether oxygens (including phenoxy) is 1. The van der Waals surface area contributed by atoms with Gasteiger partial charge in [-0.25, -0.2) is 4.98 Å². The van der Waals surface area contributed by atoms with Crippen molar-refractivity contribution < 1.29 is 14.3 Å². The molecule has 0 radical (unpaired) electrons. The third-order valence-corrected chi connectivity index (χ3v) is 5.21. The number of amides is 2. The lowest BCUT2D eigenvalue weighted by molar-refractivity contribution is -0.116. The van der Waals surface area contributed by atoms with Crippen molar-refractivity contribution in [3.63, 3.8) is 0 Å². The molecule has 2 heterocycles. The molecule has 0 saturated carbocycles. The van der Waals surface area contributed by atoms with E-state index >= 15 is 0 Å². The second-order valence-electron chi connectivity index (χ2n) is 7.02. The van der Waals surface area contributed by atoms with Crippen LogP contribution < -0.4 is 10.2 Å². The summed E-state index contributed by atoms with van der Waals surface area (Å²) in [6.07, 6.45) is 1.71. The van der Waals surface area contributed by atoms with E-state index in [2.05, 4.69) is 10.3 Å². The Kier molecular flexibility index (Phi) is 5.79. The lowest BCUT2D eigenvalue weighted by Gasteiger charge is -2.21. The maximum Gasteiger partial charge on any atom is 0.229 e. The van der Waals surface area contributed by atoms with Gasteiger partial charge >= 0.3 is 0 Å². The molecule has 1 aromatic heterocycles. The van der Waals surface area contributed by atoms with Crippen molar-refractivity contribution in [3.05, 3.63) is 82.5 Å². The van der Waals surface area contributed by atoms with Gasteiger partial charge in [0, 0.05) is 29.9 Å². The van der Waals surface area contributed by atoms with E-state index in [0.29, 0.717) is 35.4 Å². The van der Waals surface area contributed by atoms with Gasteiger partial charge in [-0.3, -0.25) is 14.5 Å². The molecule has 1 aliphatic rings. The van der Waals surface area contributed by atoms with E-state index < -0.39 is 0 Å². The third-order valence-electron chi connectivity index (χ3n) is 4.85. The van der Waals surface area contributed by atoms with E-state index in [1.807, 2.05) is 36.4 Å². The second-order valence-corrected chi connectivity index (χ2v) is 7.43. The molecule has 7 heteroatoms. The molecule has 6 nitrogen and oxygen atoms in total. The third kappa shape index (κ3) is 4.35. The molecular weight excluding hydrogens is 402 g/mol. The van der Waals surface area contributed by atoms with Gasteiger partial charge in [-0.1, -0.05) is 35.9 Å². The van der Waals surface area contributed by atoms with Crippen LogP contribution in [0.25, 0.3) is 0 Å². The SMILES string of the molecule is CC(=O)N(c1ccc2c(c1)COC2)c1cc(NC(=O)Cc2ccccc2Cl)ccn1. The van der Waals surface area contributed by atoms with Crippen LogP contribution in [0.2, 0.25) is 5.02 Å².